The Balaban J connectivity index is 1.21. The van der Waals surface area contributed by atoms with Crippen LogP contribution in [-0.4, -0.2) is 72.5 Å². The van der Waals surface area contributed by atoms with Gasteiger partial charge in [-0.2, -0.15) is 5.10 Å². The van der Waals surface area contributed by atoms with Crippen molar-refractivity contribution in [3.8, 4) is 17.0 Å². The molecule has 0 spiro atoms. The summed E-state index contributed by atoms with van der Waals surface area (Å²) in [6.45, 7) is 2.22. The number of anilines is 1. The lowest BCUT2D eigenvalue weighted by Crippen LogP contribution is -2.42. The molecule has 2 aromatic heterocycles. The highest BCUT2D eigenvalue weighted by atomic mass is 35.5. The first kappa shape index (κ1) is 24.6. The lowest BCUT2D eigenvalue weighted by molar-refractivity contribution is 0.149. The number of halogens is 2. The van der Waals surface area contributed by atoms with E-state index in [1.54, 1.807) is 27.9 Å². The fraction of sp³-hybridized carbons (Fsp3) is 0.375. The van der Waals surface area contributed by atoms with Crippen LogP contribution in [0.25, 0.3) is 11.3 Å². The standard InChI is InChI=1S/C24H24Cl2N8O4/c25-12-6-16(26)19(18(7-12)38-5-4-34-3-1-2-28-34)21-15-10-32(11-17(15)29-22(27)30-21)23(35)31-20-13-8-33(24(36)37)9-14(13)20/h1-3,6-7,13-14,20H,4-5,8-11H2,(H,31,35)(H,36,37)(H2,27,29,30)/t13-,14+,20?. The summed E-state index contributed by atoms with van der Waals surface area (Å²) >= 11 is 12.9. The number of hydrogen-bond donors (Lipinski definition) is 3. The Morgan fingerprint density at radius 1 is 1.16 bits per heavy atom. The van der Waals surface area contributed by atoms with Crippen LogP contribution < -0.4 is 15.8 Å². The minimum absolute atomic E-state index is 0.0297. The first-order valence-corrected chi connectivity index (χ1v) is 12.8. The highest BCUT2D eigenvalue weighted by Gasteiger charge is 2.58. The number of piperidine rings is 1. The van der Waals surface area contributed by atoms with Gasteiger partial charge < -0.3 is 30.7 Å². The molecular weight excluding hydrogens is 535 g/mol. The molecule has 14 heteroatoms. The van der Waals surface area contributed by atoms with Gasteiger partial charge in [0.15, 0.2) is 0 Å². The minimum atomic E-state index is -0.924. The second kappa shape index (κ2) is 9.52. The van der Waals surface area contributed by atoms with E-state index in [-0.39, 0.29) is 42.9 Å². The van der Waals surface area contributed by atoms with E-state index in [0.717, 1.165) is 5.56 Å². The van der Waals surface area contributed by atoms with Crippen molar-refractivity contribution in [2.45, 2.75) is 25.7 Å². The van der Waals surface area contributed by atoms with Crippen LogP contribution in [0.3, 0.4) is 0 Å². The topological polar surface area (TPSA) is 152 Å². The van der Waals surface area contributed by atoms with Crippen LogP contribution in [0, 0.1) is 11.8 Å². The molecule has 4 heterocycles. The summed E-state index contributed by atoms with van der Waals surface area (Å²) in [4.78, 5) is 36.2. The predicted molar refractivity (Wildman–Crippen MR) is 138 cm³/mol. The molecule has 1 unspecified atom stereocenters. The molecular formula is C24H24Cl2N8O4. The van der Waals surface area contributed by atoms with Crippen LogP contribution in [0.4, 0.5) is 15.5 Å². The number of rotatable bonds is 6. The summed E-state index contributed by atoms with van der Waals surface area (Å²) in [5.74, 6) is 0.798. The van der Waals surface area contributed by atoms with Gasteiger partial charge in [0.2, 0.25) is 5.95 Å². The van der Waals surface area contributed by atoms with Crippen molar-refractivity contribution in [2.75, 3.05) is 25.4 Å². The maximum atomic E-state index is 13.1. The monoisotopic (exact) mass is 558 g/mol. The highest BCUT2D eigenvalue weighted by molar-refractivity contribution is 6.37. The number of urea groups is 1. The third kappa shape index (κ3) is 4.54. The number of ether oxygens (including phenoxy) is 1. The predicted octanol–water partition coefficient (Wildman–Crippen LogP) is 2.94. The third-order valence-electron chi connectivity index (χ3n) is 7.23. The molecule has 1 aromatic carbocycles. The van der Waals surface area contributed by atoms with Crippen LogP contribution >= 0.6 is 23.2 Å². The van der Waals surface area contributed by atoms with Gasteiger partial charge in [-0.1, -0.05) is 23.2 Å². The Bertz CT molecular complexity index is 1410. The van der Waals surface area contributed by atoms with E-state index >= 15 is 0 Å². The summed E-state index contributed by atoms with van der Waals surface area (Å²) in [7, 11) is 0. The number of nitrogen functional groups attached to an aromatic ring is 1. The van der Waals surface area contributed by atoms with E-state index in [1.165, 1.54) is 4.90 Å². The molecule has 3 atom stereocenters. The normalized spacial score (nSPS) is 21.3. The molecule has 0 bridgehead atoms. The maximum absolute atomic E-state index is 13.1. The summed E-state index contributed by atoms with van der Waals surface area (Å²) in [6.07, 6.45) is 2.60. The number of benzene rings is 1. The van der Waals surface area contributed by atoms with Crippen molar-refractivity contribution in [2.24, 2.45) is 11.8 Å². The zero-order valence-electron chi connectivity index (χ0n) is 20.0. The molecule has 1 saturated heterocycles. The van der Waals surface area contributed by atoms with E-state index in [0.29, 0.717) is 59.0 Å². The number of carbonyl (C=O) groups excluding carboxylic acids is 1. The molecule has 6 rings (SSSR count). The maximum Gasteiger partial charge on any atom is 0.407 e. The highest BCUT2D eigenvalue weighted by Crippen LogP contribution is 2.46. The number of carboxylic acid groups (broad SMARTS) is 1. The number of aromatic nitrogens is 4. The van der Waals surface area contributed by atoms with Gasteiger partial charge in [-0.05, 0) is 18.2 Å². The Labute approximate surface area is 227 Å². The van der Waals surface area contributed by atoms with Crippen molar-refractivity contribution in [3.05, 3.63) is 51.9 Å². The van der Waals surface area contributed by atoms with E-state index in [9.17, 15) is 9.59 Å². The number of amides is 3. The molecule has 3 aromatic rings. The molecule has 2 fully saturated rings. The van der Waals surface area contributed by atoms with Gasteiger partial charge in [0.1, 0.15) is 12.4 Å². The summed E-state index contributed by atoms with van der Waals surface area (Å²) < 4.78 is 7.81. The molecule has 1 saturated carbocycles. The van der Waals surface area contributed by atoms with Gasteiger partial charge in [-0.3, -0.25) is 4.68 Å². The summed E-state index contributed by atoms with van der Waals surface area (Å²) in [5.41, 5.74) is 8.42. The van der Waals surface area contributed by atoms with Crippen LogP contribution in [-0.2, 0) is 19.6 Å². The fourth-order valence-electron chi connectivity index (χ4n) is 5.33. The van der Waals surface area contributed by atoms with Gasteiger partial charge in [0.25, 0.3) is 0 Å². The van der Waals surface area contributed by atoms with Gasteiger partial charge in [-0.15, -0.1) is 0 Å². The fourth-order valence-corrected chi connectivity index (χ4v) is 5.89. The molecule has 198 valence electrons. The number of nitrogens with one attached hydrogen (secondary N) is 1. The first-order chi connectivity index (χ1) is 18.3. The Kier molecular flexibility index (Phi) is 6.15. The number of hydrogen-bond acceptors (Lipinski definition) is 7. The lowest BCUT2D eigenvalue weighted by atomic mass is 10.0. The largest absolute Gasteiger partial charge is 0.491 e. The zero-order valence-corrected chi connectivity index (χ0v) is 21.6. The molecule has 12 nitrogen and oxygen atoms in total. The number of carbonyl (C=O) groups is 2. The number of nitrogens with two attached hydrogens (primary N) is 1. The average molecular weight is 559 g/mol. The van der Waals surface area contributed by atoms with Crippen LogP contribution in [0.1, 0.15) is 11.3 Å². The zero-order chi connectivity index (χ0) is 26.6. The quantitative estimate of drug-likeness (QED) is 0.417. The number of likely N-dealkylation sites (tertiary alicyclic amines) is 1. The molecule has 3 aliphatic rings. The van der Waals surface area contributed by atoms with Crippen LogP contribution in [0.5, 0.6) is 5.75 Å². The molecule has 4 N–H and O–H groups in total. The van der Waals surface area contributed by atoms with Gasteiger partial charge >= 0.3 is 12.1 Å². The Morgan fingerprint density at radius 3 is 2.66 bits per heavy atom. The molecule has 3 amide bonds. The molecule has 38 heavy (non-hydrogen) atoms. The van der Waals surface area contributed by atoms with E-state index in [1.807, 2.05) is 12.3 Å². The summed E-state index contributed by atoms with van der Waals surface area (Å²) in [5, 5.41) is 17.1. The number of fused-ring (bicyclic) bond motifs is 2. The van der Waals surface area contributed by atoms with Crippen molar-refractivity contribution in [1.29, 1.82) is 0 Å². The first-order valence-electron chi connectivity index (χ1n) is 12.1. The lowest BCUT2D eigenvalue weighted by Gasteiger charge is -2.20. The minimum Gasteiger partial charge on any atom is -0.491 e. The third-order valence-corrected chi connectivity index (χ3v) is 7.75. The van der Waals surface area contributed by atoms with Crippen molar-refractivity contribution < 1.29 is 19.4 Å². The number of nitrogens with zero attached hydrogens (tertiary/aromatic N) is 6. The molecule has 2 aliphatic heterocycles. The van der Waals surface area contributed by atoms with E-state index in [4.69, 9.17) is 38.8 Å². The Hall–Kier alpha value is -3.77. The van der Waals surface area contributed by atoms with Crippen molar-refractivity contribution in [1.82, 2.24) is 34.9 Å². The smallest absolute Gasteiger partial charge is 0.407 e. The van der Waals surface area contributed by atoms with E-state index < -0.39 is 6.09 Å². The summed E-state index contributed by atoms with van der Waals surface area (Å²) in [6, 6.07) is 4.83. The second-order valence-electron chi connectivity index (χ2n) is 9.58. The average Bonchev–Trinajstić information content (AvgIpc) is 3.37. The van der Waals surface area contributed by atoms with Gasteiger partial charge in [0, 0.05) is 53.9 Å². The Morgan fingerprint density at radius 2 is 1.95 bits per heavy atom. The van der Waals surface area contributed by atoms with Gasteiger partial charge in [-0.25, -0.2) is 19.6 Å². The van der Waals surface area contributed by atoms with E-state index in [2.05, 4.69) is 20.4 Å². The van der Waals surface area contributed by atoms with Gasteiger partial charge in [0.05, 0.1) is 41.6 Å². The van der Waals surface area contributed by atoms with Crippen LogP contribution in [0.15, 0.2) is 30.6 Å². The molecule has 0 radical (unpaired) electrons. The van der Waals surface area contributed by atoms with Crippen molar-refractivity contribution >= 4 is 41.3 Å². The second-order valence-corrected chi connectivity index (χ2v) is 10.4. The SMILES string of the molecule is Nc1nc2c(c(-c3c(Cl)cc(Cl)cc3OCCn3cccn3)n1)CN(C(=O)NC1[C@H]3CN(C(=O)O)C[C@@H]13)C2. The van der Waals surface area contributed by atoms with Crippen LogP contribution in [0.2, 0.25) is 10.0 Å². The molecule has 1 aliphatic carbocycles. The van der Waals surface area contributed by atoms with Crippen molar-refractivity contribution in [3.63, 3.8) is 0 Å².